The largest absolute Gasteiger partial charge is 0.484 e. The Morgan fingerprint density at radius 3 is 2.90 bits per heavy atom. The summed E-state index contributed by atoms with van der Waals surface area (Å²) in [4.78, 5) is 21.1. The van der Waals surface area contributed by atoms with Crippen molar-refractivity contribution in [2.45, 2.75) is 25.4 Å². The Balaban J connectivity index is 2.09. The lowest BCUT2D eigenvalue weighted by Crippen LogP contribution is -2.26. The second-order valence-electron chi connectivity index (χ2n) is 4.54. The second kappa shape index (κ2) is 6.33. The molecule has 1 aromatic rings. The van der Waals surface area contributed by atoms with Crippen LogP contribution in [0.3, 0.4) is 0 Å². The zero-order chi connectivity index (χ0) is 14.5. The van der Waals surface area contributed by atoms with E-state index in [4.69, 9.17) is 14.6 Å². The molecule has 0 amide bonds. The summed E-state index contributed by atoms with van der Waals surface area (Å²) in [6.07, 6.45) is 2.86. The van der Waals surface area contributed by atoms with Crippen LogP contribution < -0.4 is 4.74 Å². The van der Waals surface area contributed by atoms with Gasteiger partial charge in [-0.2, -0.15) is 0 Å². The van der Waals surface area contributed by atoms with Crippen LogP contribution in [-0.2, 0) is 4.74 Å². The lowest BCUT2D eigenvalue weighted by Gasteiger charge is -2.22. The lowest BCUT2D eigenvalue weighted by atomic mass is 10.1. The third kappa shape index (κ3) is 3.45. The number of ether oxygens (including phenoxy) is 2. The van der Waals surface area contributed by atoms with Crippen molar-refractivity contribution >= 4 is 11.7 Å². The fraction of sp³-hybridized carbons (Fsp3) is 0.462. The van der Waals surface area contributed by atoms with E-state index in [1.807, 2.05) is 0 Å². The van der Waals surface area contributed by atoms with Crippen molar-refractivity contribution in [3.63, 3.8) is 0 Å². The standard InChI is InChI=1S/C13H15NO6/c15-13(16)9-4-5-12(11(7-9)14(17)18)20-8-10-3-1-2-6-19-10/h4-5,7,10H,1-3,6,8H2,(H,15,16). The van der Waals surface area contributed by atoms with Crippen molar-refractivity contribution in [1.82, 2.24) is 0 Å². The molecule has 1 saturated heterocycles. The number of nitro groups is 1. The monoisotopic (exact) mass is 281 g/mol. The van der Waals surface area contributed by atoms with Gasteiger partial charge < -0.3 is 14.6 Å². The van der Waals surface area contributed by atoms with Crippen LogP contribution in [-0.4, -0.2) is 35.3 Å². The van der Waals surface area contributed by atoms with Gasteiger partial charge in [0, 0.05) is 12.7 Å². The molecule has 1 unspecified atom stereocenters. The molecule has 1 aliphatic rings. The molecule has 1 fully saturated rings. The molecule has 1 heterocycles. The molecule has 1 N–H and O–H groups in total. The van der Waals surface area contributed by atoms with E-state index in [0.29, 0.717) is 6.61 Å². The maximum absolute atomic E-state index is 10.9. The second-order valence-corrected chi connectivity index (χ2v) is 4.54. The van der Waals surface area contributed by atoms with Crippen molar-refractivity contribution in [2.75, 3.05) is 13.2 Å². The summed E-state index contributed by atoms with van der Waals surface area (Å²) in [7, 11) is 0. The Morgan fingerprint density at radius 2 is 2.30 bits per heavy atom. The Labute approximate surface area is 115 Å². The molecule has 20 heavy (non-hydrogen) atoms. The highest BCUT2D eigenvalue weighted by molar-refractivity contribution is 5.88. The molecule has 2 rings (SSSR count). The third-order valence-corrected chi connectivity index (χ3v) is 3.10. The molecule has 108 valence electrons. The maximum Gasteiger partial charge on any atom is 0.335 e. The minimum absolute atomic E-state index is 0.0640. The van der Waals surface area contributed by atoms with Crippen LogP contribution in [0.25, 0.3) is 0 Å². The zero-order valence-corrected chi connectivity index (χ0v) is 10.8. The smallest absolute Gasteiger partial charge is 0.335 e. The Morgan fingerprint density at radius 1 is 1.50 bits per heavy atom. The summed E-state index contributed by atoms with van der Waals surface area (Å²) in [5, 5.41) is 19.8. The average Bonchev–Trinajstić information content (AvgIpc) is 2.45. The van der Waals surface area contributed by atoms with Crippen LogP contribution in [0.2, 0.25) is 0 Å². The van der Waals surface area contributed by atoms with Crippen LogP contribution in [0.15, 0.2) is 18.2 Å². The van der Waals surface area contributed by atoms with Gasteiger partial charge in [-0.05, 0) is 31.4 Å². The molecular formula is C13H15NO6. The highest BCUT2D eigenvalue weighted by atomic mass is 16.6. The highest BCUT2D eigenvalue weighted by Crippen LogP contribution is 2.28. The number of carboxylic acid groups (broad SMARTS) is 1. The van der Waals surface area contributed by atoms with Crippen molar-refractivity contribution in [2.24, 2.45) is 0 Å². The maximum atomic E-state index is 10.9. The number of nitro benzene ring substituents is 1. The first-order chi connectivity index (χ1) is 9.58. The first-order valence-corrected chi connectivity index (χ1v) is 6.34. The molecule has 0 bridgehead atoms. The fourth-order valence-corrected chi connectivity index (χ4v) is 2.04. The molecule has 0 aromatic heterocycles. The van der Waals surface area contributed by atoms with Crippen LogP contribution >= 0.6 is 0 Å². The van der Waals surface area contributed by atoms with E-state index >= 15 is 0 Å². The summed E-state index contributed by atoms with van der Waals surface area (Å²) >= 11 is 0. The Kier molecular flexibility index (Phi) is 4.52. The number of hydrogen-bond donors (Lipinski definition) is 1. The van der Waals surface area contributed by atoms with Gasteiger partial charge in [-0.1, -0.05) is 0 Å². The van der Waals surface area contributed by atoms with Crippen molar-refractivity contribution in [3.05, 3.63) is 33.9 Å². The van der Waals surface area contributed by atoms with Crippen molar-refractivity contribution in [3.8, 4) is 5.75 Å². The van der Waals surface area contributed by atoms with Gasteiger partial charge >= 0.3 is 11.7 Å². The number of hydrogen-bond acceptors (Lipinski definition) is 5. The SMILES string of the molecule is O=C(O)c1ccc(OCC2CCCCO2)c([N+](=O)[O-])c1. The van der Waals surface area contributed by atoms with E-state index in [2.05, 4.69) is 0 Å². The number of aromatic carboxylic acids is 1. The average molecular weight is 281 g/mol. The molecule has 0 spiro atoms. The van der Waals surface area contributed by atoms with Crippen LogP contribution in [0, 0.1) is 10.1 Å². The summed E-state index contributed by atoms with van der Waals surface area (Å²) in [6.45, 7) is 0.904. The minimum Gasteiger partial charge on any atom is -0.484 e. The van der Waals surface area contributed by atoms with Gasteiger partial charge in [0.05, 0.1) is 16.6 Å². The van der Waals surface area contributed by atoms with Crippen molar-refractivity contribution in [1.29, 1.82) is 0 Å². The van der Waals surface area contributed by atoms with E-state index < -0.39 is 10.9 Å². The number of benzene rings is 1. The quantitative estimate of drug-likeness (QED) is 0.656. The van der Waals surface area contributed by atoms with Crippen LogP contribution in [0.1, 0.15) is 29.6 Å². The molecule has 0 saturated carbocycles. The molecule has 1 aromatic carbocycles. The molecular weight excluding hydrogens is 266 g/mol. The van der Waals surface area contributed by atoms with Gasteiger partial charge in [-0.3, -0.25) is 10.1 Å². The van der Waals surface area contributed by atoms with Gasteiger partial charge in [0.2, 0.25) is 0 Å². The highest BCUT2D eigenvalue weighted by Gasteiger charge is 2.21. The van der Waals surface area contributed by atoms with Gasteiger partial charge in [0.1, 0.15) is 6.61 Å². The number of rotatable bonds is 5. The molecule has 0 aliphatic carbocycles. The van der Waals surface area contributed by atoms with Gasteiger partial charge in [0.15, 0.2) is 5.75 Å². The Hall–Kier alpha value is -2.15. The van der Waals surface area contributed by atoms with E-state index in [0.717, 1.165) is 25.3 Å². The third-order valence-electron chi connectivity index (χ3n) is 3.10. The number of nitrogens with zero attached hydrogens (tertiary/aromatic N) is 1. The minimum atomic E-state index is -1.21. The molecule has 1 aliphatic heterocycles. The van der Waals surface area contributed by atoms with Gasteiger partial charge in [-0.15, -0.1) is 0 Å². The molecule has 7 nitrogen and oxygen atoms in total. The summed E-state index contributed by atoms with van der Waals surface area (Å²) < 4.78 is 10.9. The van der Waals surface area contributed by atoms with E-state index in [-0.39, 0.29) is 29.7 Å². The summed E-state index contributed by atoms with van der Waals surface area (Å²) in [6, 6.07) is 3.59. The lowest BCUT2D eigenvalue weighted by molar-refractivity contribution is -0.386. The predicted octanol–water partition coefficient (Wildman–Crippen LogP) is 2.24. The van der Waals surface area contributed by atoms with Gasteiger partial charge in [0.25, 0.3) is 0 Å². The van der Waals surface area contributed by atoms with Crippen molar-refractivity contribution < 1.29 is 24.3 Å². The first kappa shape index (κ1) is 14.3. The van der Waals surface area contributed by atoms with Crippen LogP contribution in [0.5, 0.6) is 5.75 Å². The molecule has 1 atom stereocenters. The fourth-order valence-electron chi connectivity index (χ4n) is 2.04. The van der Waals surface area contributed by atoms with E-state index in [9.17, 15) is 14.9 Å². The van der Waals surface area contributed by atoms with E-state index in [1.165, 1.54) is 12.1 Å². The van der Waals surface area contributed by atoms with Gasteiger partial charge in [-0.25, -0.2) is 4.79 Å². The molecule has 7 heteroatoms. The predicted molar refractivity (Wildman–Crippen MR) is 69.1 cm³/mol. The summed E-state index contributed by atoms with van der Waals surface area (Å²) in [5.41, 5.74) is -0.487. The zero-order valence-electron chi connectivity index (χ0n) is 10.8. The molecule has 0 radical (unpaired) electrons. The normalized spacial score (nSPS) is 18.5. The topological polar surface area (TPSA) is 98.9 Å². The number of carbonyl (C=O) groups is 1. The van der Waals surface area contributed by atoms with E-state index in [1.54, 1.807) is 0 Å². The Bertz CT molecular complexity index is 510. The summed E-state index contributed by atoms with van der Waals surface area (Å²) in [5.74, 6) is -1.15. The van der Waals surface area contributed by atoms with Crippen LogP contribution in [0.4, 0.5) is 5.69 Å². The first-order valence-electron chi connectivity index (χ1n) is 6.34. The number of carboxylic acids is 1.